The number of methoxy groups -OCH3 is 2. The van der Waals surface area contributed by atoms with Crippen molar-refractivity contribution in [1.29, 1.82) is 0 Å². The lowest BCUT2D eigenvalue weighted by atomic mass is 10.0. The summed E-state index contributed by atoms with van der Waals surface area (Å²) in [5.41, 5.74) is 1.18. The Balaban J connectivity index is 2.53. The summed E-state index contributed by atoms with van der Waals surface area (Å²) in [6.07, 6.45) is 0. The fourth-order valence-electron chi connectivity index (χ4n) is 1.98. The first kappa shape index (κ1) is 15.5. The van der Waals surface area contributed by atoms with Crippen LogP contribution in [0.15, 0.2) is 34.8 Å². The van der Waals surface area contributed by atoms with E-state index in [0.29, 0.717) is 32.7 Å². The van der Waals surface area contributed by atoms with Crippen molar-refractivity contribution in [3.63, 3.8) is 0 Å². The molecule has 0 aliphatic carbocycles. The Morgan fingerprint density at radius 3 is 2.33 bits per heavy atom. The van der Waals surface area contributed by atoms with Gasteiger partial charge in [-0.1, -0.05) is 0 Å². The van der Waals surface area contributed by atoms with Gasteiger partial charge in [0.1, 0.15) is 17.3 Å². The van der Waals surface area contributed by atoms with E-state index in [1.807, 2.05) is 0 Å². The minimum Gasteiger partial charge on any atom is -0.496 e. The molecule has 110 valence electrons. The normalized spacial score (nSPS) is 10.3. The zero-order valence-corrected chi connectivity index (χ0v) is 13.5. The first-order valence-electron chi connectivity index (χ1n) is 6.20. The van der Waals surface area contributed by atoms with Crippen LogP contribution >= 0.6 is 15.9 Å². The lowest BCUT2D eigenvalue weighted by molar-refractivity contribution is 0.103. The molecule has 2 rings (SSSR count). The van der Waals surface area contributed by atoms with Gasteiger partial charge in [0.05, 0.1) is 24.3 Å². The molecule has 0 amide bonds. The molecule has 3 nitrogen and oxygen atoms in total. The molecule has 0 N–H and O–H groups in total. The fourth-order valence-corrected chi connectivity index (χ4v) is 2.46. The lowest BCUT2D eigenvalue weighted by Gasteiger charge is -2.12. The molecule has 0 bridgehead atoms. The second-order valence-electron chi connectivity index (χ2n) is 4.48. The van der Waals surface area contributed by atoms with Gasteiger partial charge in [0.2, 0.25) is 0 Å². The first-order valence-corrected chi connectivity index (χ1v) is 6.99. The van der Waals surface area contributed by atoms with E-state index in [9.17, 15) is 9.18 Å². The Bertz CT molecular complexity index is 698. The van der Waals surface area contributed by atoms with Gasteiger partial charge in [0.15, 0.2) is 5.78 Å². The van der Waals surface area contributed by atoms with Crippen molar-refractivity contribution < 1.29 is 18.7 Å². The van der Waals surface area contributed by atoms with Gasteiger partial charge in [-0.05, 0) is 58.7 Å². The monoisotopic (exact) mass is 352 g/mol. The van der Waals surface area contributed by atoms with Gasteiger partial charge < -0.3 is 9.47 Å². The Morgan fingerprint density at radius 2 is 1.76 bits per heavy atom. The molecule has 0 spiro atoms. The summed E-state index contributed by atoms with van der Waals surface area (Å²) in [4.78, 5) is 12.6. The number of benzene rings is 2. The molecule has 0 saturated heterocycles. The summed E-state index contributed by atoms with van der Waals surface area (Å²) in [6.45, 7) is 1.62. The molecule has 0 fully saturated rings. The number of hydrogen-bond donors (Lipinski definition) is 0. The number of hydrogen-bond acceptors (Lipinski definition) is 3. The molecule has 21 heavy (non-hydrogen) atoms. The molecule has 0 unspecified atom stereocenters. The maximum absolute atomic E-state index is 13.3. The van der Waals surface area contributed by atoms with E-state index in [2.05, 4.69) is 15.9 Å². The minimum absolute atomic E-state index is 0.249. The standard InChI is InChI=1S/C16H14BrFO3/c1-9-6-10(4-5-13(9)18)16(19)11-7-15(21-3)12(17)8-14(11)20-2/h4-8H,1-3H3. The Hall–Kier alpha value is -1.88. The fraction of sp³-hybridized carbons (Fsp3) is 0.188. The number of halogens is 2. The largest absolute Gasteiger partial charge is 0.496 e. The number of rotatable bonds is 4. The maximum Gasteiger partial charge on any atom is 0.196 e. The van der Waals surface area contributed by atoms with Crippen LogP contribution in [0, 0.1) is 12.7 Å². The maximum atomic E-state index is 13.3. The number of ether oxygens (including phenoxy) is 2. The van der Waals surface area contributed by atoms with E-state index in [0.717, 1.165) is 0 Å². The van der Waals surface area contributed by atoms with E-state index in [1.165, 1.54) is 32.4 Å². The Morgan fingerprint density at radius 1 is 1.10 bits per heavy atom. The van der Waals surface area contributed by atoms with Crippen molar-refractivity contribution >= 4 is 21.7 Å². The third kappa shape index (κ3) is 3.08. The van der Waals surface area contributed by atoms with Crippen molar-refractivity contribution in [1.82, 2.24) is 0 Å². The second-order valence-corrected chi connectivity index (χ2v) is 5.33. The molecule has 0 atom stereocenters. The van der Waals surface area contributed by atoms with Crippen LogP contribution in [0.2, 0.25) is 0 Å². The summed E-state index contributed by atoms with van der Waals surface area (Å²) in [5, 5.41) is 0. The Kier molecular flexibility index (Phi) is 4.63. The van der Waals surface area contributed by atoms with Crippen molar-refractivity contribution in [2.75, 3.05) is 14.2 Å². The van der Waals surface area contributed by atoms with E-state index >= 15 is 0 Å². The topological polar surface area (TPSA) is 35.5 Å². The zero-order chi connectivity index (χ0) is 15.6. The van der Waals surface area contributed by atoms with E-state index in [4.69, 9.17) is 9.47 Å². The molecule has 2 aromatic carbocycles. The van der Waals surface area contributed by atoms with E-state index < -0.39 is 0 Å². The molecule has 0 aliphatic heterocycles. The van der Waals surface area contributed by atoms with E-state index in [1.54, 1.807) is 19.1 Å². The molecule has 0 aliphatic rings. The van der Waals surface area contributed by atoms with Crippen molar-refractivity contribution in [2.24, 2.45) is 0 Å². The van der Waals surface area contributed by atoms with Gasteiger partial charge in [-0.3, -0.25) is 4.79 Å². The lowest BCUT2D eigenvalue weighted by Crippen LogP contribution is -2.05. The summed E-state index contributed by atoms with van der Waals surface area (Å²) >= 11 is 3.34. The number of carbonyl (C=O) groups excluding carboxylic acids is 1. The second kappa shape index (κ2) is 6.26. The van der Waals surface area contributed by atoms with Crippen molar-refractivity contribution in [3.8, 4) is 11.5 Å². The van der Waals surface area contributed by atoms with Gasteiger partial charge in [0, 0.05) is 5.56 Å². The summed E-state index contributed by atoms with van der Waals surface area (Å²) < 4.78 is 24.4. The molecular formula is C16H14BrFO3. The van der Waals surface area contributed by atoms with Gasteiger partial charge in [-0.15, -0.1) is 0 Å². The minimum atomic E-state index is -0.341. The van der Waals surface area contributed by atoms with Crippen molar-refractivity contribution in [3.05, 3.63) is 57.3 Å². The van der Waals surface area contributed by atoms with E-state index in [-0.39, 0.29) is 11.6 Å². The SMILES string of the molecule is COc1cc(C(=O)c2ccc(F)c(C)c2)c(OC)cc1Br. The van der Waals surface area contributed by atoms with Crippen LogP contribution in [0.5, 0.6) is 11.5 Å². The van der Waals surface area contributed by atoms with Crippen LogP contribution in [0.3, 0.4) is 0 Å². The van der Waals surface area contributed by atoms with Gasteiger partial charge in [-0.25, -0.2) is 4.39 Å². The van der Waals surface area contributed by atoms with Crippen LogP contribution in [-0.4, -0.2) is 20.0 Å². The third-order valence-electron chi connectivity index (χ3n) is 3.14. The number of aryl methyl sites for hydroxylation is 1. The molecule has 0 aromatic heterocycles. The predicted molar refractivity (Wildman–Crippen MR) is 81.8 cm³/mol. The molecule has 0 radical (unpaired) electrons. The molecule has 5 heteroatoms. The summed E-state index contributed by atoms with van der Waals surface area (Å²) in [5.74, 6) is 0.361. The smallest absolute Gasteiger partial charge is 0.196 e. The average molecular weight is 353 g/mol. The van der Waals surface area contributed by atoms with Crippen molar-refractivity contribution in [2.45, 2.75) is 6.92 Å². The predicted octanol–water partition coefficient (Wildman–Crippen LogP) is 4.14. The highest BCUT2D eigenvalue weighted by molar-refractivity contribution is 9.10. The molecule has 0 heterocycles. The molecule has 2 aromatic rings. The average Bonchev–Trinajstić information content (AvgIpc) is 2.49. The molecular weight excluding hydrogens is 339 g/mol. The summed E-state index contributed by atoms with van der Waals surface area (Å²) in [6, 6.07) is 7.53. The highest BCUT2D eigenvalue weighted by Crippen LogP contribution is 2.34. The Labute approximate surface area is 130 Å². The first-order chi connectivity index (χ1) is 9.97. The highest BCUT2D eigenvalue weighted by atomic mass is 79.9. The summed E-state index contributed by atoms with van der Waals surface area (Å²) in [7, 11) is 3.00. The van der Waals surface area contributed by atoms with Gasteiger partial charge in [0.25, 0.3) is 0 Å². The highest BCUT2D eigenvalue weighted by Gasteiger charge is 2.18. The quantitative estimate of drug-likeness (QED) is 0.775. The number of carbonyl (C=O) groups is 1. The van der Waals surface area contributed by atoms with Crippen LogP contribution in [0.4, 0.5) is 4.39 Å². The third-order valence-corrected chi connectivity index (χ3v) is 3.76. The van der Waals surface area contributed by atoms with Crippen LogP contribution in [0.25, 0.3) is 0 Å². The van der Waals surface area contributed by atoms with Gasteiger partial charge in [-0.2, -0.15) is 0 Å². The molecule has 0 saturated carbocycles. The van der Waals surface area contributed by atoms with Crippen LogP contribution < -0.4 is 9.47 Å². The zero-order valence-electron chi connectivity index (χ0n) is 11.9. The van der Waals surface area contributed by atoms with Gasteiger partial charge >= 0.3 is 0 Å². The number of ketones is 1. The van der Waals surface area contributed by atoms with Crippen LogP contribution in [0.1, 0.15) is 21.5 Å². The van der Waals surface area contributed by atoms with Crippen LogP contribution in [-0.2, 0) is 0 Å².